The fraction of sp³-hybridized carbons (Fsp3) is 0.238. The largest absolute Gasteiger partial charge is 0.504 e. The van der Waals surface area contributed by atoms with E-state index in [0.717, 1.165) is 11.0 Å². The van der Waals surface area contributed by atoms with E-state index in [9.17, 15) is 14.7 Å². The number of benzene rings is 2. The van der Waals surface area contributed by atoms with Gasteiger partial charge in [0.1, 0.15) is 6.10 Å². The van der Waals surface area contributed by atoms with Gasteiger partial charge in [-0.2, -0.15) is 0 Å². The zero-order valence-corrected chi connectivity index (χ0v) is 17.1. The van der Waals surface area contributed by atoms with Crippen LogP contribution in [0.5, 0.6) is 11.5 Å². The molecule has 2 aromatic rings. The lowest BCUT2D eigenvalue weighted by Crippen LogP contribution is -2.21. The Morgan fingerprint density at radius 2 is 1.86 bits per heavy atom. The van der Waals surface area contributed by atoms with Gasteiger partial charge < -0.3 is 19.7 Å². The molecular formula is C21H23NO6S. The molecule has 0 heterocycles. The third kappa shape index (κ3) is 6.46. The number of carboxylic acid groups (broad SMARTS) is 1. The lowest BCUT2D eigenvalue weighted by Gasteiger charge is -2.23. The number of anilines is 1. The molecule has 0 saturated carbocycles. The van der Waals surface area contributed by atoms with Crippen molar-refractivity contribution >= 4 is 29.5 Å². The number of methoxy groups -OCH3 is 1. The number of rotatable bonds is 8. The molecule has 29 heavy (non-hydrogen) atoms. The first kappa shape index (κ1) is 22.2. The van der Waals surface area contributed by atoms with Crippen LogP contribution in [0, 0.1) is 5.92 Å². The number of amides is 1. The third-order valence-corrected chi connectivity index (χ3v) is 4.87. The summed E-state index contributed by atoms with van der Waals surface area (Å²) in [5, 5.41) is 21.6. The quantitative estimate of drug-likeness (QED) is 0.423. The number of nitrogens with one attached hydrogen (secondary N) is 1. The average molecular weight is 417 g/mol. The number of hydrogen-bond acceptors (Lipinski definition) is 6. The summed E-state index contributed by atoms with van der Waals surface area (Å²) in [5.41, 5.74) is 1.07. The van der Waals surface area contributed by atoms with Crippen molar-refractivity contribution in [3.05, 3.63) is 60.2 Å². The van der Waals surface area contributed by atoms with Gasteiger partial charge in [0, 0.05) is 22.6 Å². The van der Waals surface area contributed by atoms with E-state index in [1.165, 1.54) is 19.3 Å². The molecule has 0 saturated heterocycles. The first-order chi connectivity index (χ1) is 13.8. The lowest BCUT2D eigenvalue weighted by molar-refractivity contribution is -0.131. The van der Waals surface area contributed by atoms with Crippen molar-refractivity contribution in [2.45, 2.75) is 17.9 Å². The van der Waals surface area contributed by atoms with E-state index in [4.69, 9.17) is 14.6 Å². The zero-order chi connectivity index (χ0) is 21.4. The Labute approximate surface area is 173 Å². The molecule has 2 aromatic carbocycles. The van der Waals surface area contributed by atoms with E-state index in [1.807, 2.05) is 18.4 Å². The van der Waals surface area contributed by atoms with Crippen LogP contribution in [-0.2, 0) is 9.53 Å². The van der Waals surface area contributed by atoms with Gasteiger partial charge in [-0.05, 0) is 48.2 Å². The van der Waals surface area contributed by atoms with Crippen molar-refractivity contribution < 1.29 is 29.3 Å². The van der Waals surface area contributed by atoms with Gasteiger partial charge in [0.25, 0.3) is 0 Å². The summed E-state index contributed by atoms with van der Waals surface area (Å²) < 4.78 is 10.6. The smallest absolute Gasteiger partial charge is 0.412 e. The maximum atomic E-state index is 12.4. The molecule has 0 aromatic heterocycles. The number of carboxylic acids is 1. The van der Waals surface area contributed by atoms with E-state index >= 15 is 0 Å². The maximum absolute atomic E-state index is 12.4. The number of aliphatic carboxylic acids is 1. The van der Waals surface area contributed by atoms with Crippen LogP contribution in [0.1, 0.15) is 18.6 Å². The Hall–Kier alpha value is -3.13. The molecule has 3 N–H and O–H groups in total. The van der Waals surface area contributed by atoms with Crippen LogP contribution in [0.4, 0.5) is 10.5 Å². The minimum absolute atomic E-state index is 0.110. The normalized spacial score (nSPS) is 12.9. The molecule has 0 aliphatic carbocycles. The highest BCUT2D eigenvalue weighted by atomic mass is 32.2. The molecule has 0 fully saturated rings. The van der Waals surface area contributed by atoms with E-state index in [0.29, 0.717) is 11.3 Å². The standard InChI is InChI=1S/C21H23NO6S/c1-13(4-11-19(24)25)20(14-5-10-18(27-2)17(23)12-14)28-21(26)22-15-6-8-16(29-3)9-7-15/h4-13,20,23H,1-3H3,(H,22,26)(H,24,25)/b11-4+/t13-,20+/m0/s1. The third-order valence-electron chi connectivity index (χ3n) is 4.12. The molecule has 7 nitrogen and oxygen atoms in total. The topological polar surface area (TPSA) is 105 Å². The van der Waals surface area contributed by atoms with Crippen molar-refractivity contribution in [1.29, 1.82) is 0 Å². The zero-order valence-electron chi connectivity index (χ0n) is 16.3. The molecule has 0 bridgehead atoms. The van der Waals surface area contributed by atoms with Crippen molar-refractivity contribution in [2.75, 3.05) is 18.7 Å². The number of ether oxygens (including phenoxy) is 2. The fourth-order valence-electron chi connectivity index (χ4n) is 2.63. The van der Waals surface area contributed by atoms with Gasteiger partial charge in [0.15, 0.2) is 11.5 Å². The molecule has 1 amide bonds. The monoisotopic (exact) mass is 417 g/mol. The summed E-state index contributed by atoms with van der Waals surface area (Å²) in [4.78, 5) is 24.3. The molecule has 8 heteroatoms. The van der Waals surface area contributed by atoms with E-state index in [1.54, 1.807) is 43.0 Å². The minimum Gasteiger partial charge on any atom is -0.504 e. The van der Waals surface area contributed by atoms with Gasteiger partial charge in [-0.15, -0.1) is 11.8 Å². The van der Waals surface area contributed by atoms with Crippen molar-refractivity contribution in [2.24, 2.45) is 5.92 Å². The number of carbonyl (C=O) groups is 2. The summed E-state index contributed by atoms with van der Waals surface area (Å²) in [7, 11) is 1.43. The first-order valence-corrected chi connectivity index (χ1v) is 9.96. The van der Waals surface area contributed by atoms with Crippen LogP contribution < -0.4 is 10.1 Å². The van der Waals surface area contributed by atoms with Gasteiger partial charge >= 0.3 is 12.1 Å². The molecule has 0 unspecified atom stereocenters. The Bertz CT molecular complexity index is 881. The Balaban J connectivity index is 2.22. The highest BCUT2D eigenvalue weighted by Gasteiger charge is 2.23. The number of carbonyl (C=O) groups excluding carboxylic acids is 1. The summed E-state index contributed by atoms with van der Waals surface area (Å²) >= 11 is 1.59. The Kier molecular flexibility index (Phi) is 7.97. The number of thioether (sulfide) groups is 1. The SMILES string of the molecule is COc1ccc([C@H](OC(=O)Nc2ccc(SC)cc2)[C@@H](C)/C=C/C(=O)O)cc1O. The Morgan fingerprint density at radius 3 is 2.41 bits per heavy atom. The lowest BCUT2D eigenvalue weighted by atomic mass is 9.96. The number of phenols is 1. The van der Waals surface area contributed by atoms with Crippen LogP contribution in [0.15, 0.2) is 59.5 Å². The molecule has 2 rings (SSSR count). The predicted octanol–water partition coefficient (Wildman–Crippen LogP) is 4.69. The number of hydrogen-bond donors (Lipinski definition) is 3. The minimum atomic E-state index is -1.11. The maximum Gasteiger partial charge on any atom is 0.412 e. The van der Waals surface area contributed by atoms with Crippen molar-refractivity contribution in [3.63, 3.8) is 0 Å². The van der Waals surface area contributed by atoms with E-state index < -0.39 is 24.1 Å². The summed E-state index contributed by atoms with van der Waals surface area (Å²) in [6, 6.07) is 11.9. The highest BCUT2D eigenvalue weighted by Crippen LogP contribution is 2.34. The molecule has 0 aliphatic heterocycles. The number of phenolic OH excluding ortho intramolecular Hbond substituents is 1. The molecule has 0 spiro atoms. The molecule has 0 aliphatic rings. The Morgan fingerprint density at radius 1 is 1.17 bits per heavy atom. The average Bonchev–Trinajstić information content (AvgIpc) is 2.70. The predicted molar refractivity (Wildman–Crippen MR) is 112 cm³/mol. The number of aromatic hydroxyl groups is 1. The van der Waals surface area contributed by atoms with Gasteiger partial charge in [0.05, 0.1) is 7.11 Å². The van der Waals surface area contributed by atoms with Gasteiger partial charge in [-0.1, -0.05) is 19.1 Å². The van der Waals surface area contributed by atoms with Crippen LogP contribution in [0.3, 0.4) is 0 Å². The summed E-state index contributed by atoms with van der Waals surface area (Å²) in [6.45, 7) is 1.71. The van der Waals surface area contributed by atoms with E-state index in [2.05, 4.69) is 5.32 Å². The van der Waals surface area contributed by atoms with Gasteiger partial charge in [-0.3, -0.25) is 5.32 Å². The first-order valence-electron chi connectivity index (χ1n) is 8.73. The molecular weight excluding hydrogens is 394 g/mol. The van der Waals surface area contributed by atoms with Crippen LogP contribution >= 0.6 is 11.8 Å². The fourth-order valence-corrected chi connectivity index (χ4v) is 3.04. The second-order valence-corrected chi connectivity index (χ2v) is 7.05. The van der Waals surface area contributed by atoms with Gasteiger partial charge in [0.2, 0.25) is 0 Å². The van der Waals surface area contributed by atoms with E-state index in [-0.39, 0.29) is 11.5 Å². The van der Waals surface area contributed by atoms with Crippen molar-refractivity contribution in [1.82, 2.24) is 0 Å². The second kappa shape index (κ2) is 10.4. The molecule has 154 valence electrons. The van der Waals surface area contributed by atoms with Crippen LogP contribution in [0.2, 0.25) is 0 Å². The highest BCUT2D eigenvalue weighted by molar-refractivity contribution is 7.98. The second-order valence-electron chi connectivity index (χ2n) is 6.17. The van der Waals surface area contributed by atoms with Gasteiger partial charge in [-0.25, -0.2) is 9.59 Å². The summed E-state index contributed by atoms with van der Waals surface area (Å²) in [6.07, 6.45) is 2.85. The molecule has 0 radical (unpaired) electrons. The molecule has 2 atom stereocenters. The van der Waals surface area contributed by atoms with Crippen LogP contribution in [-0.4, -0.2) is 35.6 Å². The summed E-state index contributed by atoms with van der Waals surface area (Å²) in [5.74, 6) is -1.41. The van der Waals surface area contributed by atoms with Crippen LogP contribution in [0.25, 0.3) is 0 Å². The van der Waals surface area contributed by atoms with Crippen molar-refractivity contribution in [3.8, 4) is 11.5 Å².